The van der Waals surface area contributed by atoms with Gasteiger partial charge in [0.05, 0.1) is 6.26 Å². The van der Waals surface area contributed by atoms with Crippen LogP contribution in [0, 0.1) is 5.92 Å². The third-order valence-electron chi connectivity index (χ3n) is 4.46. The van der Waals surface area contributed by atoms with Crippen LogP contribution in [0.15, 0.2) is 53.1 Å². The topological polar surface area (TPSA) is 71.3 Å². The molecule has 2 N–H and O–H groups in total. The van der Waals surface area contributed by atoms with Gasteiger partial charge in [-0.1, -0.05) is 57.0 Å². The van der Waals surface area contributed by atoms with Crippen molar-refractivity contribution >= 4 is 11.8 Å². The third-order valence-corrected chi connectivity index (χ3v) is 4.46. The molecule has 0 bridgehead atoms. The van der Waals surface area contributed by atoms with Crippen LogP contribution >= 0.6 is 0 Å². The number of benzene rings is 1. The van der Waals surface area contributed by atoms with Crippen LogP contribution in [-0.4, -0.2) is 23.9 Å². The lowest BCUT2D eigenvalue weighted by molar-refractivity contribution is -0.123. The van der Waals surface area contributed by atoms with Crippen LogP contribution in [0.25, 0.3) is 0 Å². The average Bonchev–Trinajstić information content (AvgIpc) is 3.16. The summed E-state index contributed by atoms with van der Waals surface area (Å²) in [6.45, 7) is 6.40. The molecule has 146 valence electrons. The Labute approximate surface area is 161 Å². The molecule has 27 heavy (non-hydrogen) atoms. The van der Waals surface area contributed by atoms with Gasteiger partial charge < -0.3 is 15.1 Å². The first-order valence-electron chi connectivity index (χ1n) is 9.64. The zero-order valence-electron chi connectivity index (χ0n) is 16.4. The second kappa shape index (κ2) is 10.6. The zero-order valence-corrected chi connectivity index (χ0v) is 16.4. The SMILES string of the molecule is CC(C)CCCC(C)NC(=O)C(Cc1ccccc1)NC(=O)c1ccco1. The van der Waals surface area contributed by atoms with E-state index in [1.165, 1.54) is 6.26 Å². The Balaban J connectivity index is 1.99. The average molecular weight is 370 g/mol. The van der Waals surface area contributed by atoms with Gasteiger partial charge in [0.1, 0.15) is 6.04 Å². The zero-order chi connectivity index (χ0) is 19.6. The Morgan fingerprint density at radius 1 is 0.963 bits per heavy atom. The Bertz CT molecular complexity index is 696. The molecule has 2 amide bonds. The van der Waals surface area contributed by atoms with E-state index in [0.29, 0.717) is 12.3 Å². The highest BCUT2D eigenvalue weighted by Gasteiger charge is 2.24. The normalized spacial score (nSPS) is 13.2. The third kappa shape index (κ3) is 7.29. The van der Waals surface area contributed by atoms with Crippen LogP contribution in [-0.2, 0) is 11.2 Å². The first-order valence-corrected chi connectivity index (χ1v) is 9.64. The fourth-order valence-corrected chi connectivity index (χ4v) is 2.94. The summed E-state index contributed by atoms with van der Waals surface area (Å²) in [6, 6.07) is 12.3. The van der Waals surface area contributed by atoms with Crippen molar-refractivity contribution in [2.24, 2.45) is 5.92 Å². The minimum absolute atomic E-state index is 0.0649. The number of amides is 2. The summed E-state index contributed by atoms with van der Waals surface area (Å²) < 4.78 is 5.14. The molecule has 0 radical (unpaired) electrons. The van der Waals surface area contributed by atoms with Crippen molar-refractivity contribution in [2.45, 2.75) is 58.5 Å². The maximum Gasteiger partial charge on any atom is 0.287 e. The van der Waals surface area contributed by atoms with Crippen molar-refractivity contribution < 1.29 is 14.0 Å². The van der Waals surface area contributed by atoms with E-state index < -0.39 is 6.04 Å². The summed E-state index contributed by atoms with van der Waals surface area (Å²) >= 11 is 0. The van der Waals surface area contributed by atoms with Gasteiger partial charge in [-0.05, 0) is 37.0 Å². The summed E-state index contributed by atoms with van der Waals surface area (Å²) in [5.41, 5.74) is 0.991. The number of rotatable bonds is 10. The van der Waals surface area contributed by atoms with Crippen LogP contribution in [0.4, 0.5) is 0 Å². The molecule has 2 unspecified atom stereocenters. The molecule has 0 saturated carbocycles. The van der Waals surface area contributed by atoms with Gasteiger partial charge in [-0.2, -0.15) is 0 Å². The fraction of sp³-hybridized carbons (Fsp3) is 0.455. The van der Waals surface area contributed by atoms with Gasteiger partial charge >= 0.3 is 0 Å². The molecule has 0 fully saturated rings. The fourth-order valence-electron chi connectivity index (χ4n) is 2.94. The molecule has 5 nitrogen and oxygen atoms in total. The lowest BCUT2D eigenvalue weighted by atomic mass is 10.0. The second-order valence-electron chi connectivity index (χ2n) is 7.43. The molecular weight excluding hydrogens is 340 g/mol. The van der Waals surface area contributed by atoms with E-state index in [2.05, 4.69) is 24.5 Å². The van der Waals surface area contributed by atoms with Crippen molar-refractivity contribution in [2.75, 3.05) is 0 Å². The maximum atomic E-state index is 12.8. The first-order chi connectivity index (χ1) is 13.0. The summed E-state index contributed by atoms with van der Waals surface area (Å²) in [5.74, 6) is 0.302. The first kappa shape index (κ1) is 20.7. The molecule has 0 aliphatic rings. The van der Waals surface area contributed by atoms with Crippen LogP contribution in [0.1, 0.15) is 56.2 Å². The Morgan fingerprint density at radius 3 is 2.33 bits per heavy atom. The van der Waals surface area contributed by atoms with Gasteiger partial charge in [-0.15, -0.1) is 0 Å². The standard InChI is InChI=1S/C22H30N2O3/c1-16(2)9-7-10-17(3)23-21(25)19(15-18-11-5-4-6-12-18)24-22(26)20-13-8-14-27-20/h4-6,8,11-14,16-17,19H,7,9-10,15H2,1-3H3,(H,23,25)(H,24,26). The number of hydrogen-bond donors (Lipinski definition) is 2. The second-order valence-corrected chi connectivity index (χ2v) is 7.43. The summed E-state index contributed by atoms with van der Waals surface area (Å²) in [5, 5.41) is 5.84. The van der Waals surface area contributed by atoms with Crippen molar-refractivity contribution in [3.05, 3.63) is 60.1 Å². The van der Waals surface area contributed by atoms with Gasteiger partial charge in [0.15, 0.2) is 5.76 Å². The molecule has 2 aromatic rings. The molecule has 0 spiro atoms. The van der Waals surface area contributed by atoms with E-state index in [0.717, 1.165) is 24.8 Å². The van der Waals surface area contributed by atoms with Crippen LogP contribution in [0.2, 0.25) is 0 Å². The highest BCUT2D eigenvalue weighted by molar-refractivity contribution is 5.95. The van der Waals surface area contributed by atoms with Crippen LogP contribution < -0.4 is 10.6 Å². The van der Waals surface area contributed by atoms with Crippen molar-refractivity contribution in [3.63, 3.8) is 0 Å². The Hall–Kier alpha value is -2.56. The number of carbonyl (C=O) groups is 2. The van der Waals surface area contributed by atoms with E-state index in [1.54, 1.807) is 12.1 Å². The lowest BCUT2D eigenvalue weighted by Crippen LogP contribution is -2.50. The molecule has 0 aliphatic carbocycles. The van der Waals surface area contributed by atoms with E-state index in [4.69, 9.17) is 4.42 Å². The Kier molecular flexibility index (Phi) is 8.11. The monoisotopic (exact) mass is 370 g/mol. The molecule has 0 saturated heterocycles. The van der Waals surface area contributed by atoms with Gasteiger partial charge in [0, 0.05) is 12.5 Å². The predicted molar refractivity (Wildman–Crippen MR) is 106 cm³/mol. The van der Waals surface area contributed by atoms with Gasteiger partial charge in [0.2, 0.25) is 5.91 Å². The van der Waals surface area contributed by atoms with Gasteiger partial charge in [0.25, 0.3) is 5.91 Å². The molecule has 1 aromatic heterocycles. The number of nitrogens with one attached hydrogen (secondary N) is 2. The van der Waals surface area contributed by atoms with E-state index >= 15 is 0 Å². The summed E-state index contributed by atoms with van der Waals surface area (Å²) in [4.78, 5) is 25.2. The van der Waals surface area contributed by atoms with E-state index in [9.17, 15) is 9.59 Å². The highest BCUT2D eigenvalue weighted by Crippen LogP contribution is 2.10. The van der Waals surface area contributed by atoms with Crippen LogP contribution in [0.3, 0.4) is 0 Å². The molecule has 2 atom stereocenters. The predicted octanol–water partition coefficient (Wildman–Crippen LogP) is 3.95. The van der Waals surface area contributed by atoms with Crippen LogP contribution in [0.5, 0.6) is 0 Å². The quantitative estimate of drug-likeness (QED) is 0.665. The van der Waals surface area contributed by atoms with Gasteiger partial charge in [-0.3, -0.25) is 9.59 Å². The highest BCUT2D eigenvalue weighted by atomic mass is 16.3. The number of hydrogen-bond acceptors (Lipinski definition) is 3. The summed E-state index contributed by atoms with van der Waals surface area (Å²) in [6.07, 6.45) is 5.01. The van der Waals surface area contributed by atoms with Gasteiger partial charge in [-0.25, -0.2) is 0 Å². The maximum absolute atomic E-state index is 12.8. The molecular formula is C22H30N2O3. The van der Waals surface area contributed by atoms with Crippen molar-refractivity contribution in [1.82, 2.24) is 10.6 Å². The summed E-state index contributed by atoms with van der Waals surface area (Å²) in [7, 11) is 0. The van der Waals surface area contributed by atoms with Crippen molar-refractivity contribution in [1.29, 1.82) is 0 Å². The van der Waals surface area contributed by atoms with E-state index in [1.807, 2.05) is 37.3 Å². The largest absolute Gasteiger partial charge is 0.459 e. The molecule has 1 aromatic carbocycles. The Morgan fingerprint density at radius 2 is 1.70 bits per heavy atom. The number of carbonyl (C=O) groups excluding carboxylic acids is 2. The minimum Gasteiger partial charge on any atom is -0.459 e. The molecule has 5 heteroatoms. The molecule has 1 heterocycles. The molecule has 0 aliphatic heterocycles. The number of furan rings is 1. The lowest BCUT2D eigenvalue weighted by Gasteiger charge is -2.21. The van der Waals surface area contributed by atoms with Crippen molar-refractivity contribution in [3.8, 4) is 0 Å². The smallest absolute Gasteiger partial charge is 0.287 e. The minimum atomic E-state index is -0.655. The molecule has 2 rings (SSSR count). The van der Waals surface area contributed by atoms with E-state index in [-0.39, 0.29) is 23.6 Å².